The molecule has 0 atom stereocenters. The highest BCUT2D eigenvalue weighted by Gasteiger charge is 2.10. The number of hydrogen-bond donors (Lipinski definition) is 1. The Kier molecular flexibility index (Phi) is 2.60. The molecule has 0 aliphatic rings. The quantitative estimate of drug-likeness (QED) is 0.627. The van der Waals surface area contributed by atoms with Gasteiger partial charge in [0.15, 0.2) is 0 Å². The van der Waals surface area contributed by atoms with Crippen LogP contribution in [0, 0.1) is 6.92 Å². The van der Waals surface area contributed by atoms with Crippen molar-refractivity contribution in [1.82, 2.24) is 10.1 Å². The molecule has 0 bridgehead atoms. The van der Waals surface area contributed by atoms with Gasteiger partial charge in [0, 0.05) is 11.3 Å². The summed E-state index contributed by atoms with van der Waals surface area (Å²) in [5, 5.41) is 3.83. The van der Waals surface area contributed by atoms with E-state index in [0.29, 0.717) is 17.4 Å². The van der Waals surface area contributed by atoms with E-state index in [0.717, 1.165) is 11.1 Å². The maximum atomic E-state index is 5.79. The van der Waals surface area contributed by atoms with Crippen LogP contribution in [0.3, 0.4) is 0 Å². The van der Waals surface area contributed by atoms with Crippen LogP contribution in [0.2, 0.25) is 0 Å². The maximum Gasteiger partial charge on any atom is 0.241 e. The van der Waals surface area contributed by atoms with Gasteiger partial charge in [-0.3, -0.25) is 0 Å². The van der Waals surface area contributed by atoms with E-state index in [4.69, 9.17) is 21.9 Å². The third-order valence-electron chi connectivity index (χ3n) is 2.20. The number of hydrogen-bond acceptors (Lipinski definition) is 4. The number of alkyl halides is 1. The second kappa shape index (κ2) is 3.90. The largest absolute Gasteiger partial charge is 0.398 e. The molecule has 0 unspecified atom stereocenters. The zero-order valence-electron chi connectivity index (χ0n) is 8.20. The highest BCUT2D eigenvalue weighted by atomic mass is 35.5. The first kappa shape index (κ1) is 9.98. The fourth-order valence-electron chi connectivity index (χ4n) is 1.31. The summed E-state index contributed by atoms with van der Waals surface area (Å²) in [4.78, 5) is 4.14. The number of halogens is 1. The van der Waals surface area contributed by atoms with Crippen molar-refractivity contribution in [2.75, 3.05) is 5.73 Å². The number of anilines is 1. The van der Waals surface area contributed by atoms with Crippen LogP contribution in [0.25, 0.3) is 11.4 Å². The summed E-state index contributed by atoms with van der Waals surface area (Å²) >= 11 is 5.58. The molecule has 2 rings (SSSR count). The van der Waals surface area contributed by atoms with E-state index in [-0.39, 0.29) is 5.88 Å². The molecular formula is C10H10ClN3O. The zero-order chi connectivity index (χ0) is 10.8. The van der Waals surface area contributed by atoms with Gasteiger partial charge in [-0.25, -0.2) is 0 Å². The SMILES string of the molecule is Cc1c(N)cccc1-c1noc(CCl)n1. The van der Waals surface area contributed by atoms with Crippen molar-refractivity contribution < 1.29 is 4.52 Å². The number of rotatable bonds is 2. The molecule has 0 saturated carbocycles. The molecule has 0 aliphatic carbocycles. The molecule has 1 aromatic heterocycles. The minimum atomic E-state index is 0.217. The van der Waals surface area contributed by atoms with Crippen LogP contribution in [0.1, 0.15) is 11.5 Å². The second-order valence-electron chi connectivity index (χ2n) is 3.17. The molecular weight excluding hydrogens is 214 g/mol. The molecule has 5 heteroatoms. The van der Waals surface area contributed by atoms with Gasteiger partial charge in [-0.15, -0.1) is 11.6 Å². The van der Waals surface area contributed by atoms with Crippen LogP contribution in [0.5, 0.6) is 0 Å². The molecule has 4 nitrogen and oxygen atoms in total. The summed E-state index contributed by atoms with van der Waals surface area (Å²) in [6.07, 6.45) is 0. The first-order valence-electron chi connectivity index (χ1n) is 4.46. The van der Waals surface area contributed by atoms with Crippen molar-refractivity contribution >= 4 is 17.3 Å². The molecule has 0 radical (unpaired) electrons. The third kappa shape index (κ3) is 1.80. The average Bonchev–Trinajstić information content (AvgIpc) is 2.70. The smallest absolute Gasteiger partial charge is 0.241 e. The Bertz CT molecular complexity index is 481. The Morgan fingerprint density at radius 2 is 2.27 bits per heavy atom. The van der Waals surface area contributed by atoms with E-state index in [1.807, 2.05) is 25.1 Å². The van der Waals surface area contributed by atoms with Gasteiger partial charge in [0.05, 0.1) is 0 Å². The fraction of sp³-hybridized carbons (Fsp3) is 0.200. The monoisotopic (exact) mass is 223 g/mol. The molecule has 0 fully saturated rings. The van der Waals surface area contributed by atoms with Crippen molar-refractivity contribution in [1.29, 1.82) is 0 Å². The number of nitrogens with zero attached hydrogens (tertiary/aromatic N) is 2. The molecule has 78 valence electrons. The first-order valence-corrected chi connectivity index (χ1v) is 5.00. The van der Waals surface area contributed by atoms with Gasteiger partial charge in [-0.05, 0) is 18.6 Å². The number of aromatic nitrogens is 2. The van der Waals surface area contributed by atoms with Crippen molar-refractivity contribution in [3.8, 4) is 11.4 Å². The van der Waals surface area contributed by atoms with E-state index in [2.05, 4.69) is 10.1 Å². The van der Waals surface area contributed by atoms with E-state index in [1.54, 1.807) is 0 Å². The highest BCUT2D eigenvalue weighted by molar-refractivity contribution is 6.16. The minimum absolute atomic E-state index is 0.217. The molecule has 0 spiro atoms. The van der Waals surface area contributed by atoms with Crippen LogP contribution in [0.4, 0.5) is 5.69 Å². The molecule has 2 aromatic rings. The summed E-state index contributed by atoms with van der Waals surface area (Å²) in [5.74, 6) is 1.15. The molecule has 1 heterocycles. The average molecular weight is 224 g/mol. The standard InChI is InChI=1S/C10H10ClN3O/c1-6-7(3-2-4-8(6)12)10-13-9(5-11)15-14-10/h2-4H,5,12H2,1H3. The van der Waals surface area contributed by atoms with Gasteiger partial charge in [0.25, 0.3) is 0 Å². The Labute approximate surface area is 92.0 Å². The van der Waals surface area contributed by atoms with Gasteiger partial charge in [0.1, 0.15) is 5.88 Å². The van der Waals surface area contributed by atoms with Crippen LogP contribution >= 0.6 is 11.6 Å². The van der Waals surface area contributed by atoms with Crippen LogP contribution in [-0.2, 0) is 5.88 Å². The topological polar surface area (TPSA) is 64.9 Å². The molecule has 15 heavy (non-hydrogen) atoms. The molecule has 1 aromatic carbocycles. The summed E-state index contributed by atoms with van der Waals surface area (Å²) in [7, 11) is 0. The van der Waals surface area contributed by atoms with Gasteiger partial charge in [-0.2, -0.15) is 4.98 Å². The fourth-order valence-corrected chi connectivity index (χ4v) is 1.42. The number of nitrogen functional groups attached to an aromatic ring is 1. The zero-order valence-corrected chi connectivity index (χ0v) is 8.95. The second-order valence-corrected chi connectivity index (χ2v) is 3.43. The van der Waals surface area contributed by atoms with Crippen molar-refractivity contribution in [2.45, 2.75) is 12.8 Å². The highest BCUT2D eigenvalue weighted by Crippen LogP contribution is 2.24. The molecule has 0 amide bonds. The van der Waals surface area contributed by atoms with Crippen LogP contribution in [-0.4, -0.2) is 10.1 Å². The lowest BCUT2D eigenvalue weighted by Crippen LogP contribution is -1.93. The lowest BCUT2D eigenvalue weighted by atomic mass is 10.1. The normalized spacial score (nSPS) is 10.5. The van der Waals surface area contributed by atoms with Crippen molar-refractivity contribution in [3.05, 3.63) is 29.7 Å². The van der Waals surface area contributed by atoms with Gasteiger partial charge >= 0.3 is 0 Å². The minimum Gasteiger partial charge on any atom is -0.398 e. The lowest BCUT2D eigenvalue weighted by molar-refractivity contribution is 0.391. The summed E-state index contributed by atoms with van der Waals surface area (Å²) in [6, 6.07) is 5.59. The van der Waals surface area contributed by atoms with E-state index < -0.39 is 0 Å². The number of benzene rings is 1. The Morgan fingerprint density at radius 1 is 1.47 bits per heavy atom. The predicted molar refractivity (Wildman–Crippen MR) is 58.4 cm³/mol. The van der Waals surface area contributed by atoms with Crippen molar-refractivity contribution in [2.24, 2.45) is 0 Å². The summed E-state index contributed by atoms with van der Waals surface area (Å²) < 4.78 is 4.93. The van der Waals surface area contributed by atoms with Crippen LogP contribution < -0.4 is 5.73 Å². The summed E-state index contributed by atoms with van der Waals surface area (Å²) in [5.41, 5.74) is 8.31. The predicted octanol–water partition coefficient (Wildman–Crippen LogP) is 2.37. The lowest BCUT2D eigenvalue weighted by Gasteiger charge is -2.03. The molecule has 2 N–H and O–H groups in total. The maximum absolute atomic E-state index is 5.79. The van der Waals surface area contributed by atoms with E-state index >= 15 is 0 Å². The van der Waals surface area contributed by atoms with Crippen LogP contribution in [0.15, 0.2) is 22.7 Å². The Balaban J connectivity index is 2.49. The third-order valence-corrected chi connectivity index (χ3v) is 2.43. The van der Waals surface area contributed by atoms with Gasteiger partial charge < -0.3 is 10.3 Å². The summed E-state index contributed by atoms with van der Waals surface area (Å²) in [6.45, 7) is 1.92. The van der Waals surface area contributed by atoms with E-state index in [9.17, 15) is 0 Å². The van der Waals surface area contributed by atoms with Gasteiger partial charge in [-0.1, -0.05) is 17.3 Å². The van der Waals surface area contributed by atoms with Crippen molar-refractivity contribution in [3.63, 3.8) is 0 Å². The molecule has 0 aliphatic heterocycles. The molecule has 0 saturated heterocycles. The Morgan fingerprint density at radius 3 is 2.93 bits per heavy atom. The van der Waals surface area contributed by atoms with E-state index in [1.165, 1.54) is 0 Å². The first-order chi connectivity index (χ1) is 7.22. The number of nitrogens with two attached hydrogens (primary N) is 1. The Hall–Kier alpha value is -1.55. The van der Waals surface area contributed by atoms with Gasteiger partial charge in [0.2, 0.25) is 11.7 Å².